The van der Waals surface area contributed by atoms with Crippen LogP contribution in [0.5, 0.6) is 0 Å². The normalized spacial score (nSPS) is 11.9. The Labute approximate surface area is 97.6 Å². The number of carbonyl (C=O) groups excluding carboxylic acids is 1. The van der Waals surface area contributed by atoms with Gasteiger partial charge in [-0.25, -0.2) is 0 Å². The summed E-state index contributed by atoms with van der Waals surface area (Å²) in [5, 5.41) is 13.5. The van der Waals surface area contributed by atoms with Gasteiger partial charge < -0.3 is 5.32 Å². The number of rotatable bonds is 4. The van der Waals surface area contributed by atoms with Crippen LogP contribution in [-0.4, -0.2) is 17.4 Å². The van der Waals surface area contributed by atoms with E-state index in [-0.39, 0.29) is 12.5 Å². The van der Waals surface area contributed by atoms with Crippen molar-refractivity contribution in [2.45, 2.75) is 13.0 Å². The fourth-order valence-corrected chi connectivity index (χ4v) is 1.45. The summed E-state index contributed by atoms with van der Waals surface area (Å²) in [5.74, 6) is -0.304. The standard InChI is InChI=1S/C10H11ClN2O3/c1-7(14)12-10(6-13(15)16)8-2-4-9(11)5-3-8/h2-5,10H,6H2,1H3,(H,12,14)/t10-/m1/s1. The summed E-state index contributed by atoms with van der Waals surface area (Å²) in [5.41, 5.74) is 0.663. The quantitative estimate of drug-likeness (QED) is 0.646. The number of halogens is 1. The molecule has 0 aliphatic rings. The lowest BCUT2D eigenvalue weighted by Gasteiger charge is -2.13. The van der Waals surface area contributed by atoms with Crippen LogP contribution in [0.25, 0.3) is 0 Å². The monoisotopic (exact) mass is 242 g/mol. The predicted octanol–water partition coefficient (Wildman–Crippen LogP) is 1.79. The maximum Gasteiger partial charge on any atom is 0.227 e. The van der Waals surface area contributed by atoms with Crippen molar-refractivity contribution in [1.82, 2.24) is 5.32 Å². The van der Waals surface area contributed by atoms with Gasteiger partial charge in [-0.3, -0.25) is 14.9 Å². The van der Waals surface area contributed by atoms with Gasteiger partial charge in [0.1, 0.15) is 6.04 Å². The first-order valence-electron chi connectivity index (χ1n) is 4.63. The van der Waals surface area contributed by atoms with Crippen molar-refractivity contribution in [2.24, 2.45) is 0 Å². The first kappa shape index (κ1) is 12.4. The molecule has 0 radical (unpaired) electrons. The van der Waals surface area contributed by atoms with Gasteiger partial charge in [-0.15, -0.1) is 0 Å². The van der Waals surface area contributed by atoms with Crippen molar-refractivity contribution < 1.29 is 9.72 Å². The highest BCUT2D eigenvalue weighted by Gasteiger charge is 2.18. The number of hydrogen-bond acceptors (Lipinski definition) is 3. The molecule has 0 unspecified atom stereocenters. The minimum Gasteiger partial charge on any atom is -0.343 e. The van der Waals surface area contributed by atoms with Gasteiger partial charge in [-0.05, 0) is 17.7 Å². The zero-order valence-corrected chi connectivity index (χ0v) is 9.40. The third kappa shape index (κ3) is 3.86. The lowest BCUT2D eigenvalue weighted by atomic mass is 10.1. The zero-order chi connectivity index (χ0) is 12.1. The van der Waals surface area contributed by atoms with Crippen molar-refractivity contribution in [2.75, 3.05) is 6.54 Å². The van der Waals surface area contributed by atoms with E-state index in [1.807, 2.05) is 0 Å². The molecule has 0 aliphatic heterocycles. The molecule has 0 spiro atoms. The number of nitrogens with zero attached hydrogens (tertiary/aromatic N) is 1. The fraction of sp³-hybridized carbons (Fsp3) is 0.300. The van der Waals surface area contributed by atoms with Crippen LogP contribution in [0.15, 0.2) is 24.3 Å². The van der Waals surface area contributed by atoms with E-state index in [4.69, 9.17) is 11.6 Å². The number of carbonyl (C=O) groups is 1. The highest BCUT2D eigenvalue weighted by Crippen LogP contribution is 2.16. The molecule has 1 N–H and O–H groups in total. The highest BCUT2D eigenvalue weighted by molar-refractivity contribution is 6.30. The molecule has 1 aromatic rings. The fourth-order valence-electron chi connectivity index (χ4n) is 1.32. The second-order valence-electron chi connectivity index (χ2n) is 3.32. The Kier molecular flexibility index (Phi) is 4.25. The summed E-state index contributed by atoms with van der Waals surface area (Å²) in [4.78, 5) is 20.9. The summed E-state index contributed by atoms with van der Waals surface area (Å²) < 4.78 is 0. The molecule has 1 aromatic carbocycles. The molecule has 16 heavy (non-hydrogen) atoms. The predicted molar refractivity (Wildman–Crippen MR) is 59.9 cm³/mol. The van der Waals surface area contributed by atoms with E-state index in [2.05, 4.69) is 5.32 Å². The lowest BCUT2D eigenvalue weighted by molar-refractivity contribution is -0.484. The molecule has 86 valence electrons. The van der Waals surface area contributed by atoms with Gasteiger partial charge in [-0.1, -0.05) is 23.7 Å². The number of nitrogens with one attached hydrogen (secondary N) is 1. The van der Waals surface area contributed by atoms with E-state index >= 15 is 0 Å². The molecule has 0 aromatic heterocycles. The summed E-state index contributed by atoms with van der Waals surface area (Å²) >= 11 is 5.71. The van der Waals surface area contributed by atoms with Crippen molar-refractivity contribution in [3.8, 4) is 0 Å². The Hall–Kier alpha value is -1.62. The van der Waals surface area contributed by atoms with E-state index in [1.54, 1.807) is 24.3 Å². The van der Waals surface area contributed by atoms with Gasteiger partial charge in [0.05, 0.1) is 0 Å². The van der Waals surface area contributed by atoms with Gasteiger partial charge >= 0.3 is 0 Å². The first-order valence-corrected chi connectivity index (χ1v) is 5.01. The molecule has 1 rings (SSSR count). The molecule has 0 saturated heterocycles. The highest BCUT2D eigenvalue weighted by atomic mass is 35.5. The van der Waals surface area contributed by atoms with E-state index in [9.17, 15) is 14.9 Å². The number of amides is 1. The second-order valence-corrected chi connectivity index (χ2v) is 3.76. The summed E-state index contributed by atoms with van der Waals surface area (Å²) in [6.45, 7) is 0.976. The Morgan fingerprint density at radius 3 is 2.50 bits per heavy atom. The largest absolute Gasteiger partial charge is 0.343 e. The average Bonchev–Trinajstić information content (AvgIpc) is 2.16. The molecule has 0 heterocycles. The minimum atomic E-state index is -0.621. The van der Waals surface area contributed by atoms with Crippen LogP contribution in [0.3, 0.4) is 0 Å². The lowest BCUT2D eigenvalue weighted by Crippen LogP contribution is -2.31. The molecule has 0 saturated carbocycles. The van der Waals surface area contributed by atoms with E-state index in [1.165, 1.54) is 6.92 Å². The minimum absolute atomic E-state index is 0.304. The van der Waals surface area contributed by atoms with E-state index < -0.39 is 11.0 Å². The summed E-state index contributed by atoms with van der Waals surface area (Å²) in [6.07, 6.45) is 0. The first-order chi connectivity index (χ1) is 7.49. The zero-order valence-electron chi connectivity index (χ0n) is 8.64. The van der Waals surface area contributed by atoms with Crippen LogP contribution in [0, 0.1) is 10.1 Å². The molecular formula is C10H11ClN2O3. The number of benzene rings is 1. The topological polar surface area (TPSA) is 72.2 Å². The molecular weight excluding hydrogens is 232 g/mol. The van der Waals surface area contributed by atoms with Crippen LogP contribution >= 0.6 is 11.6 Å². The van der Waals surface area contributed by atoms with Crippen LogP contribution in [0.4, 0.5) is 0 Å². The van der Waals surface area contributed by atoms with Crippen molar-refractivity contribution in [3.63, 3.8) is 0 Å². The summed E-state index contributed by atoms with van der Waals surface area (Å²) in [7, 11) is 0. The van der Waals surface area contributed by atoms with Crippen LogP contribution in [0.2, 0.25) is 5.02 Å². The Morgan fingerprint density at radius 1 is 1.50 bits per heavy atom. The Balaban J connectivity index is 2.86. The van der Waals surface area contributed by atoms with Crippen molar-refractivity contribution in [3.05, 3.63) is 45.0 Å². The van der Waals surface area contributed by atoms with Gasteiger partial charge in [0.15, 0.2) is 0 Å². The van der Waals surface area contributed by atoms with Crippen LogP contribution in [-0.2, 0) is 4.79 Å². The maximum absolute atomic E-state index is 10.9. The van der Waals surface area contributed by atoms with Crippen LogP contribution in [0.1, 0.15) is 18.5 Å². The Morgan fingerprint density at radius 2 is 2.06 bits per heavy atom. The van der Waals surface area contributed by atoms with E-state index in [0.29, 0.717) is 10.6 Å². The molecule has 6 heteroatoms. The van der Waals surface area contributed by atoms with E-state index in [0.717, 1.165) is 0 Å². The maximum atomic E-state index is 10.9. The molecule has 5 nitrogen and oxygen atoms in total. The smallest absolute Gasteiger partial charge is 0.227 e. The van der Waals surface area contributed by atoms with Gasteiger partial charge in [0, 0.05) is 16.9 Å². The molecule has 1 amide bonds. The SMILES string of the molecule is CC(=O)N[C@H](C[N+](=O)[O-])c1ccc(Cl)cc1. The van der Waals surface area contributed by atoms with Gasteiger partial charge in [0.25, 0.3) is 0 Å². The Bertz CT molecular complexity index is 376. The molecule has 0 fully saturated rings. The summed E-state index contributed by atoms with van der Waals surface area (Å²) in [6, 6.07) is 5.96. The number of nitro groups is 1. The van der Waals surface area contributed by atoms with Crippen molar-refractivity contribution >= 4 is 17.5 Å². The molecule has 1 atom stereocenters. The number of hydrogen-bond donors (Lipinski definition) is 1. The van der Waals surface area contributed by atoms with Crippen molar-refractivity contribution in [1.29, 1.82) is 0 Å². The second kappa shape index (κ2) is 5.46. The molecule has 0 bridgehead atoms. The molecule has 0 aliphatic carbocycles. The van der Waals surface area contributed by atoms with Gasteiger partial charge in [0.2, 0.25) is 12.5 Å². The third-order valence-electron chi connectivity index (χ3n) is 1.98. The van der Waals surface area contributed by atoms with Crippen LogP contribution < -0.4 is 5.32 Å². The average molecular weight is 243 g/mol. The third-order valence-corrected chi connectivity index (χ3v) is 2.23. The van der Waals surface area contributed by atoms with Gasteiger partial charge in [-0.2, -0.15) is 0 Å².